The number of aromatic nitrogens is 5. The van der Waals surface area contributed by atoms with E-state index in [9.17, 15) is 0 Å². The molecule has 0 aliphatic carbocycles. The molecule has 0 spiro atoms. The number of para-hydroxylation sites is 1. The molecule has 0 aliphatic heterocycles. The Hall–Kier alpha value is -3.29. The molecule has 0 saturated carbocycles. The molecule has 3 heterocycles. The van der Waals surface area contributed by atoms with Crippen LogP contribution in [0.25, 0.3) is 16.4 Å². The maximum absolute atomic E-state index is 4.75. The van der Waals surface area contributed by atoms with Gasteiger partial charge in [-0.15, -0.1) is 21.5 Å². The smallest absolute Gasteiger partial charge is 0.196 e. The van der Waals surface area contributed by atoms with Crippen molar-refractivity contribution in [2.75, 3.05) is 0 Å². The van der Waals surface area contributed by atoms with Crippen molar-refractivity contribution in [3.05, 3.63) is 108 Å². The topological polar surface area (TPSA) is 56.5 Å². The van der Waals surface area contributed by atoms with Crippen LogP contribution in [0.5, 0.6) is 0 Å². The van der Waals surface area contributed by atoms with Crippen molar-refractivity contribution >= 4 is 23.1 Å². The van der Waals surface area contributed by atoms with Crippen LogP contribution in [0.2, 0.25) is 0 Å². The summed E-state index contributed by atoms with van der Waals surface area (Å²) in [5.41, 5.74) is 4.20. The highest BCUT2D eigenvalue weighted by Gasteiger charge is 2.16. The first-order chi connectivity index (χ1) is 15.4. The normalized spacial score (nSPS) is 11.0. The van der Waals surface area contributed by atoms with E-state index < -0.39 is 0 Å². The second-order valence-corrected chi connectivity index (χ2v) is 8.68. The van der Waals surface area contributed by atoms with Gasteiger partial charge in [0.25, 0.3) is 0 Å². The van der Waals surface area contributed by atoms with Gasteiger partial charge in [-0.3, -0.25) is 9.55 Å². The zero-order valence-corrected chi connectivity index (χ0v) is 18.3. The predicted molar refractivity (Wildman–Crippen MR) is 126 cm³/mol. The Kier molecular flexibility index (Phi) is 5.86. The summed E-state index contributed by atoms with van der Waals surface area (Å²) in [5.74, 6) is 1.65. The molecule has 0 saturated heterocycles. The van der Waals surface area contributed by atoms with E-state index in [2.05, 4.69) is 61.5 Å². The Morgan fingerprint density at radius 1 is 0.839 bits per heavy atom. The van der Waals surface area contributed by atoms with Gasteiger partial charge in [-0.1, -0.05) is 66.4 Å². The van der Waals surface area contributed by atoms with Crippen molar-refractivity contribution in [3.8, 4) is 16.4 Å². The van der Waals surface area contributed by atoms with Gasteiger partial charge in [-0.25, -0.2) is 4.98 Å². The van der Waals surface area contributed by atoms with Crippen LogP contribution in [-0.2, 0) is 12.2 Å². The van der Waals surface area contributed by atoms with Gasteiger partial charge >= 0.3 is 0 Å². The summed E-state index contributed by atoms with van der Waals surface area (Å²) in [5, 5.41) is 12.9. The second-order valence-electron chi connectivity index (χ2n) is 6.88. The van der Waals surface area contributed by atoms with Gasteiger partial charge < -0.3 is 0 Å². The van der Waals surface area contributed by atoms with Crippen LogP contribution in [0.15, 0.2) is 95.6 Å². The van der Waals surface area contributed by atoms with E-state index in [-0.39, 0.29) is 0 Å². The molecule has 0 atom stereocenters. The van der Waals surface area contributed by atoms with Crippen molar-refractivity contribution in [1.29, 1.82) is 0 Å². The third-order valence-electron chi connectivity index (χ3n) is 4.70. The van der Waals surface area contributed by atoms with Crippen molar-refractivity contribution in [2.45, 2.75) is 17.3 Å². The van der Waals surface area contributed by atoms with Gasteiger partial charge in [0.15, 0.2) is 5.16 Å². The van der Waals surface area contributed by atoms with Gasteiger partial charge in [0.1, 0.15) is 10.8 Å². The molecule has 0 amide bonds. The molecule has 0 aliphatic rings. The van der Waals surface area contributed by atoms with Crippen LogP contribution in [0.4, 0.5) is 0 Å². The second kappa shape index (κ2) is 9.24. The number of hydrogen-bond acceptors (Lipinski definition) is 6. The minimum atomic E-state index is 0.722. The van der Waals surface area contributed by atoms with E-state index >= 15 is 0 Å². The molecule has 152 valence electrons. The van der Waals surface area contributed by atoms with Crippen molar-refractivity contribution in [2.24, 2.45) is 0 Å². The summed E-state index contributed by atoms with van der Waals surface area (Å²) in [7, 11) is 0. The highest BCUT2D eigenvalue weighted by molar-refractivity contribution is 7.98. The monoisotopic (exact) mass is 441 g/mol. The Morgan fingerprint density at radius 2 is 1.61 bits per heavy atom. The molecule has 2 aromatic carbocycles. The minimum Gasteiger partial charge on any atom is -0.274 e. The van der Waals surface area contributed by atoms with E-state index in [0.717, 1.165) is 45.2 Å². The van der Waals surface area contributed by atoms with Crippen molar-refractivity contribution < 1.29 is 0 Å². The number of nitrogens with zero attached hydrogens (tertiary/aromatic N) is 5. The molecule has 0 N–H and O–H groups in total. The number of benzene rings is 2. The number of thioether (sulfide) groups is 1. The maximum atomic E-state index is 4.75. The van der Waals surface area contributed by atoms with Crippen LogP contribution >= 0.6 is 23.1 Å². The lowest BCUT2D eigenvalue weighted by Gasteiger charge is -2.10. The molecule has 0 radical (unpaired) electrons. The Bertz CT molecular complexity index is 1250. The van der Waals surface area contributed by atoms with Crippen molar-refractivity contribution in [1.82, 2.24) is 24.7 Å². The number of rotatable bonds is 7. The van der Waals surface area contributed by atoms with Gasteiger partial charge in [-0.05, 0) is 29.8 Å². The highest BCUT2D eigenvalue weighted by atomic mass is 32.2. The molecule has 5 rings (SSSR count). The van der Waals surface area contributed by atoms with Crippen LogP contribution in [0.3, 0.4) is 0 Å². The summed E-state index contributed by atoms with van der Waals surface area (Å²) < 4.78 is 2.14. The van der Waals surface area contributed by atoms with Crippen LogP contribution in [-0.4, -0.2) is 24.7 Å². The van der Waals surface area contributed by atoms with Crippen LogP contribution < -0.4 is 0 Å². The van der Waals surface area contributed by atoms with Gasteiger partial charge in [-0.2, -0.15) is 0 Å². The first kappa shape index (κ1) is 19.7. The predicted octanol–water partition coefficient (Wildman–Crippen LogP) is 5.67. The third-order valence-corrected chi connectivity index (χ3v) is 6.58. The fourth-order valence-electron chi connectivity index (χ4n) is 3.24. The molecular weight excluding hydrogens is 422 g/mol. The van der Waals surface area contributed by atoms with E-state index in [1.807, 2.05) is 42.5 Å². The average molecular weight is 442 g/mol. The van der Waals surface area contributed by atoms with Crippen LogP contribution in [0.1, 0.15) is 17.1 Å². The van der Waals surface area contributed by atoms with Gasteiger partial charge in [0.05, 0.1) is 11.4 Å². The number of hydrogen-bond donors (Lipinski definition) is 0. The SMILES string of the molecule is c1ccc(Cc2nnc(SCc3csc(-c4ccccn4)n3)n2-c2ccccc2)cc1. The largest absolute Gasteiger partial charge is 0.274 e. The molecule has 5 aromatic rings. The quantitative estimate of drug-likeness (QED) is 0.305. The lowest BCUT2D eigenvalue weighted by molar-refractivity contribution is 0.847. The lowest BCUT2D eigenvalue weighted by atomic mass is 10.1. The third kappa shape index (κ3) is 4.57. The lowest BCUT2D eigenvalue weighted by Crippen LogP contribution is -2.03. The van der Waals surface area contributed by atoms with Crippen LogP contribution in [0, 0.1) is 0 Å². The Morgan fingerprint density at radius 3 is 2.39 bits per heavy atom. The molecular formula is C24H19N5S2. The zero-order chi connectivity index (χ0) is 20.9. The highest BCUT2D eigenvalue weighted by Crippen LogP contribution is 2.28. The first-order valence-corrected chi connectivity index (χ1v) is 11.8. The van der Waals surface area contributed by atoms with E-state index in [1.165, 1.54) is 5.56 Å². The first-order valence-electron chi connectivity index (χ1n) is 9.89. The summed E-state index contributed by atoms with van der Waals surface area (Å²) in [6, 6.07) is 26.5. The molecule has 5 nitrogen and oxygen atoms in total. The van der Waals surface area contributed by atoms with Gasteiger partial charge in [0, 0.05) is 29.4 Å². The molecule has 0 unspecified atom stereocenters. The van der Waals surface area contributed by atoms with Crippen molar-refractivity contribution in [3.63, 3.8) is 0 Å². The summed E-state index contributed by atoms with van der Waals surface area (Å²) in [6.45, 7) is 0. The molecule has 7 heteroatoms. The summed E-state index contributed by atoms with van der Waals surface area (Å²) >= 11 is 3.26. The molecule has 0 bridgehead atoms. The Labute approximate surface area is 188 Å². The standard InChI is InChI=1S/C24H19N5S2/c1-3-9-18(10-4-1)15-22-27-28-24(29(22)20-11-5-2-6-12-20)31-17-19-16-30-23(26-19)21-13-7-8-14-25-21/h1-14,16H,15,17H2. The Balaban J connectivity index is 1.40. The fourth-order valence-corrected chi connectivity index (χ4v) is 5.01. The minimum absolute atomic E-state index is 0.722. The van der Waals surface area contributed by atoms with E-state index in [0.29, 0.717) is 0 Å². The molecule has 3 aromatic heterocycles. The molecule has 31 heavy (non-hydrogen) atoms. The van der Waals surface area contributed by atoms with E-state index in [4.69, 9.17) is 4.98 Å². The number of pyridine rings is 1. The maximum Gasteiger partial charge on any atom is 0.196 e. The zero-order valence-electron chi connectivity index (χ0n) is 16.6. The average Bonchev–Trinajstić information content (AvgIpc) is 3.47. The molecule has 0 fully saturated rings. The fraction of sp³-hybridized carbons (Fsp3) is 0.0833. The summed E-state index contributed by atoms with van der Waals surface area (Å²) in [6.07, 6.45) is 2.52. The summed E-state index contributed by atoms with van der Waals surface area (Å²) in [4.78, 5) is 9.14. The number of thiazole rings is 1. The van der Waals surface area contributed by atoms with Gasteiger partial charge in [0.2, 0.25) is 0 Å². The van der Waals surface area contributed by atoms with E-state index in [1.54, 1.807) is 29.3 Å².